The molecular formula is C21H20ClNO3. The molecule has 3 aromatic rings. The van der Waals surface area contributed by atoms with Gasteiger partial charge in [-0.2, -0.15) is 0 Å². The Morgan fingerprint density at radius 1 is 1.00 bits per heavy atom. The number of carbonyl (C=O) groups excluding carboxylic acids is 1. The molecule has 0 bridgehead atoms. The summed E-state index contributed by atoms with van der Waals surface area (Å²) in [5.41, 5.74) is 3.75. The molecule has 5 heteroatoms. The number of hydrogen-bond donors (Lipinski definition) is 1. The van der Waals surface area contributed by atoms with Crippen molar-refractivity contribution in [2.45, 2.75) is 27.4 Å². The number of anilines is 1. The van der Waals surface area contributed by atoms with E-state index >= 15 is 0 Å². The fourth-order valence-electron chi connectivity index (χ4n) is 2.71. The number of benzene rings is 2. The van der Waals surface area contributed by atoms with E-state index in [9.17, 15) is 4.79 Å². The molecule has 0 spiro atoms. The maximum absolute atomic E-state index is 12.4. The number of amides is 1. The minimum absolute atomic E-state index is 0.196. The van der Waals surface area contributed by atoms with Gasteiger partial charge in [0.1, 0.15) is 18.1 Å². The van der Waals surface area contributed by atoms with Gasteiger partial charge in [-0.05, 0) is 55.7 Å². The predicted octanol–water partition coefficient (Wildman–Crippen LogP) is 5.69. The number of para-hydroxylation sites is 2. The number of carbonyl (C=O) groups is 1. The number of nitrogens with one attached hydrogen (secondary N) is 1. The van der Waals surface area contributed by atoms with Crippen LogP contribution in [0.25, 0.3) is 0 Å². The molecule has 1 N–H and O–H groups in total. The first kappa shape index (κ1) is 18.1. The molecule has 0 saturated carbocycles. The fraction of sp³-hybridized carbons (Fsp3) is 0.190. The Balaban J connectivity index is 1.69. The van der Waals surface area contributed by atoms with E-state index in [1.807, 2.05) is 51.1 Å². The second-order valence-corrected chi connectivity index (χ2v) is 6.57. The van der Waals surface area contributed by atoms with E-state index in [0.29, 0.717) is 16.5 Å². The highest BCUT2D eigenvalue weighted by Crippen LogP contribution is 2.29. The average Bonchev–Trinajstić information content (AvgIpc) is 3.07. The third-order valence-electron chi connectivity index (χ3n) is 4.13. The lowest BCUT2D eigenvalue weighted by Gasteiger charge is -2.10. The molecule has 134 valence electrons. The molecule has 0 radical (unpaired) electrons. The largest absolute Gasteiger partial charge is 0.484 e. The third kappa shape index (κ3) is 3.92. The van der Waals surface area contributed by atoms with E-state index in [1.54, 1.807) is 18.2 Å². The van der Waals surface area contributed by atoms with Gasteiger partial charge in [0.15, 0.2) is 5.76 Å². The Morgan fingerprint density at radius 2 is 1.65 bits per heavy atom. The average molecular weight is 370 g/mol. The maximum Gasteiger partial charge on any atom is 0.291 e. The summed E-state index contributed by atoms with van der Waals surface area (Å²) in [5.74, 6) is 1.12. The van der Waals surface area contributed by atoms with Gasteiger partial charge < -0.3 is 14.5 Å². The number of halogens is 1. The van der Waals surface area contributed by atoms with Gasteiger partial charge in [0.2, 0.25) is 0 Å². The van der Waals surface area contributed by atoms with E-state index in [0.717, 1.165) is 22.4 Å². The van der Waals surface area contributed by atoms with Gasteiger partial charge in [0.25, 0.3) is 5.91 Å². The first-order chi connectivity index (χ1) is 12.5. The summed E-state index contributed by atoms with van der Waals surface area (Å²) in [6, 6.07) is 14.8. The SMILES string of the molecule is Cc1cccc(C)c1NC(=O)c1ccc(COc2c(C)cccc2Cl)o1. The molecule has 3 rings (SSSR count). The minimum atomic E-state index is -0.289. The van der Waals surface area contributed by atoms with Gasteiger partial charge in [-0.15, -0.1) is 0 Å². The van der Waals surface area contributed by atoms with Gasteiger partial charge in [-0.1, -0.05) is 41.9 Å². The summed E-state index contributed by atoms with van der Waals surface area (Å²) in [4.78, 5) is 12.4. The van der Waals surface area contributed by atoms with Crippen molar-refractivity contribution in [2.75, 3.05) is 5.32 Å². The van der Waals surface area contributed by atoms with Gasteiger partial charge in [0.05, 0.1) is 5.02 Å². The molecule has 2 aromatic carbocycles. The third-order valence-corrected chi connectivity index (χ3v) is 4.43. The second kappa shape index (κ2) is 7.67. The molecular weight excluding hydrogens is 350 g/mol. The number of rotatable bonds is 5. The number of aryl methyl sites for hydroxylation is 3. The van der Waals surface area contributed by atoms with Crippen LogP contribution in [0.3, 0.4) is 0 Å². The van der Waals surface area contributed by atoms with E-state index in [4.69, 9.17) is 20.8 Å². The summed E-state index contributed by atoms with van der Waals surface area (Å²) in [5, 5.41) is 3.45. The van der Waals surface area contributed by atoms with Crippen molar-refractivity contribution in [1.82, 2.24) is 0 Å². The lowest BCUT2D eigenvalue weighted by molar-refractivity contribution is 0.0992. The van der Waals surface area contributed by atoms with Crippen molar-refractivity contribution in [3.63, 3.8) is 0 Å². The molecule has 1 heterocycles. The normalized spacial score (nSPS) is 10.6. The van der Waals surface area contributed by atoms with E-state index in [-0.39, 0.29) is 18.3 Å². The Hall–Kier alpha value is -2.72. The van der Waals surface area contributed by atoms with Crippen molar-refractivity contribution in [3.8, 4) is 5.75 Å². The summed E-state index contributed by atoms with van der Waals surface area (Å²) in [6.07, 6.45) is 0. The zero-order valence-electron chi connectivity index (χ0n) is 14.9. The van der Waals surface area contributed by atoms with Gasteiger partial charge in [0, 0.05) is 5.69 Å². The number of ether oxygens (including phenoxy) is 1. The van der Waals surface area contributed by atoms with Crippen LogP contribution in [0, 0.1) is 20.8 Å². The van der Waals surface area contributed by atoms with Crippen LogP contribution in [0.4, 0.5) is 5.69 Å². The monoisotopic (exact) mass is 369 g/mol. The Bertz CT molecular complexity index is 906. The van der Waals surface area contributed by atoms with E-state index in [2.05, 4.69) is 5.32 Å². The molecule has 0 fully saturated rings. The van der Waals surface area contributed by atoms with Gasteiger partial charge in [-0.25, -0.2) is 0 Å². The molecule has 26 heavy (non-hydrogen) atoms. The molecule has 4 nitrogen and oxygen atoms in total. The number of hydrogen-bond acceptors (Lipinski definition) is 3. The lowest BCUT2D eigenvalue weighted by Crippen LogP contribution is -2.13. The van der Waals surface area contributed by atoms with Crippen LogP contribution >= 0.6 is 11.6 Å². The molecule has 0 atom stereocenters. The topological polar surface area (TPSA) is 51.5 Å². The summed E-state index contributed by atoms with van der Waals surface area (Å²) >= 11 is 6.15. The number of furan rings is 1. The molecule has 0 saturated heterocycles. The molecule has 0 unspecified atom stereocenters. The van der Waals surface area contributed by atoms with Crippen LogP contribution < -0.4 is 10.1 Å². The van der Waals surface area contributed by atoms with Crippen LogP contribution in [0.15, 0.2) is 52.9 Å². The quantitative estimate of drug-likeness (QED) is 0.628. The van der Waals surface area contributed by atoms with Gasteiger partial charge >= 0.3 is 0 Å². The summed E-state index contributed by atoms with van der Waals surface area (Å²) < 4.78 is 11.4. The van der Waals surface area contributed by atoms with Crippen molar-refractivity contribution < 1.29 is 13.9 Å². The van der Waals surface area contributed by atoms with Gasteiger partial charge in [-0.3, -0.25) is 4.79 Å². The van der Waals surface area contributed by atoms with Crippen molar-refractivity contribution in [2.24, 2.45) is 0 Å². The van der Waals surface area contributed by atoms with Crippen LogP contribution in [0.2, 0.25) is 5.02 Å². The van der Waals surface area contributed by atoms with Crippen LogP contribution in [0.5, 0.6) is 5.75 Å². The standard InChI is InChI=1S/C21H20ClNO3/c1-13-6-4-7-14(2)19(13)23-21(24)18-11-10-16(26-18)12-25-20-15(3)8-5-9-17(20)22/h4-11H,12H2,1-3H3,(H,23,24). The Kier molecular flexibility index (Phi) is 5.33. The summed E-state index contributed by atoms with van der Waals surface area (Å²) in [7, 11) is 0. The van der Waals surface area contributed by atoms with Crippen LogP contribution in [-0.4, -0.2) is 5.91 Å². The minimum Gasteiger partial charge on any atom is -0.484 e. The molecule has 1 aromatic heterocycles. The van der Waals surface area contributed by atoms with Crippen LogP contribution in [0.1, 0.15) is 33.0 Å². The molecule has 0 aliphatic carbocycles. The Morgan fingerprint density at radius 3 is 2.35 bits per heavy atom. The molecule has 1 amide bonds. The smallest absolute Gasteiger partial charge is 0.291 e. The summed E-state index contributed by atoms with van der Waals surface area (Å²) in [6.45, 7) is 6.03. The van der Waals surface area contributed by atoms with E-state index in [1.165, 1.54) is 0 Å². The highest BCUT2D eigenvalue weighted by Gasteiger charge is 2.14. The van der Waals surface area contributed by atoms with Crippen LogP contribution in [-0.2, 0) is 6.61 Å². The first-order valence-corrected chi connectivity index (χ1v) is 8.67. The Labute approximate surface area is 157 Å². The lowest BCUT2D eigenvalue weighted by atomic mass is 10.1. The van der Waals surface area contributed by atoms with Crippen molar-refractivity contribution in [1.29, 1.82) is 0 Å². The molecule has 0 aliphatic rings. The fourth-order valence-corrected chi connectivity index (χ4v) is 2.98. The molecule has 0 aliphatic heterocycles. The predicted molar refractivity (Wildman–Crippen MR) is 103 cm³/mol. The highest BCUT2D eigenvalue weighted by atomic mass is 35.5. The van der Waals surface area contributed by atoms with Crippen molar-refractivity contribution >= 4 is 23.2 Å². The first-order valence-electron chi connectivity index (χ1n) is 8.30. The highest BCUT2D eigenvalue weighted by molar-refractivity contribution is 6.32. The zero-order chi connectivity index (χ0) is 18.7. The van der Waals surface area contributed by atoms with E-state index < -0.39 is 0 Å². The van der Waals surface area contributed by atoms with Crippen molar-refractivity contribution in [3.05, 3.63) is 81.8 Å². The second-order valence-electron chi connectivity index (χ2n) is 6.16. The maximum atomic E-state index is 12.4. The zero-order valence-corrected chi connectivity index (χ0v) is 15.7.